The van der Waals surface area contributed by atoms with Crippen molar-refractivity contribution < 1.29 is 15.0 Å². The molecule has 0 heterocycles. The Bertz CT molecular complexity index is 989. The van der Waals surface area contributed by atoms with Crippen LogP contribution in [0, 0.1) is 0 Å². The van der Waals surface area contributed by atoms with E-state index in [1.165, 1.54) is 276 Å². The molecule has 0 aromatic rings. The van der Waals surface area contributed by atoms with Gasteiger partial charge in [0.15, 0.2) is 0 Å². The molecule has 3 N–H and O–H groups in total. The van der Waals surface area contributed by atoms with Crippen molar-refractivity contribution in [2.45, 2.75) is 341 Å². The summed E-state index contributed by atoms with van der Waals surface area (Å²) in [6.07, 6.45) is 77.5. The van der Waals surface area contributed by atoms with Gasteiger partial charge >= 0.3 is 0 Å². The predicted molar refractivity (Wildman–Crippen MR) is 290 cm³/mol. The molecule has 0 radical (unpaired) electrons. The van der Waals surface area contributed by atoms with Gasteiger partial charge in [-0.25, -0.2) is 0 Å². The normalized spacial score (nSPS) is 13.0. The van der Waals surface area contributed by atoms with Gasteiger partial charge in [-0.3, -0.25) is 4.79 Å². The van der Waals surface area contributed by atoms with Crippen LogP contribution >= 0.6 is 0 Å². The minimum atomic E-state index is -0.863. The van der Waals surface area contributed by atoms with E-state index in [2.05, 4.69) is 43.5 Å². The van der Waals surface area contributed by atoms with Gasteiger partial charge in [0.1, 0.15) is 0 Å². The van der Waals surface area contributed by atoms with E-state index in [9.17, 15) is 15.0 Å². The average molecular weight is 913 g/mol. The van der Waals surface area contributed by atoms with E-state index in [-0.39, 0.29) is 12.5 Å². The summed E-state index contributed by atoms with van der Waals surface area (Å²) in [5.41, 5.74) is 0. The Hall–Kier alpha value is -1.39. The number of hydrogen-bond acceptors (Lipinski definition) is 3. The fraction of sp³-hybridized carbons (Fsp3) is 0.885. The Balaban J connectivity index is 3.50. The lowest BCUT2D eigenvalue weighted by atomic mass is 10.0. The molecule has 0 aliphatic carbocycles. The zero-order chi connectivity index (χ0) is 47.0. The molecule has 4 heteroatoms. The van der Waals surface area contributed by atoms with Gasteiger partial charge < -0.3 is 15.5 Å². The van der Waals surface area contributed by atoms with E-state index in [1.54, 1.807) is 6.08 Å². The maximum atomic E-state index is 12.5. The average Bonchev–Trinajstić information content (AvgIpc) is 3.31. The second kappa shape index (κ2) is 56.9. The third kappa shape index (κ3) is 53.4. The first-order chi connectivity index (χ1) is 32.2. The molecule has 0 aliphatic heterocycles. The van der Waals surface area contributed by atoms with Crippen LogP contribution in [0.1, 0.15) is 328 Å². The van der Waals surface area contributed by atoms with Gasteiger partial charge in [0.25, 0.3) is 0 Å². The van der Waals surface area contributed by atoms with Crippen LogP contribution in [0.2, 0.25) is 0 Å². The number of hydrogen-bond donors (Lipinski definition) is 3. The summed E-state index contributed by atoms with van der Waals surface area (Å²) in [4.78, 5) is 12.5. The Kier molecular flexibility index (Phi) is 55.7. The van der Waals surface area contributed by atoms with Crippen LogP contribution in [0.4, 0.5) is 0 Å². The Morgan fingerprint density at radius 1 is 0.354 bits per heavy atom. The van der Waals surface area contributed by atoms with E-state index in [0.717, 1.165) is 32.1 Å². The second-order valence-corrected chi connectivity index (χ2v) is 20.4. The molecule has 0 rings (SSSR count). The van der Waals surface area contributed by atoms with Crippen LogP contribution in [0.3, 0.4) is 0 Å². The predicted octanol–water partition coefficient (Wildman–Crippen LogP) is 19.6. The summed E-state index contributed by atoms with van der Waals surface area (Å²) < 4.78 is 0. The number of carbonyl (C=O) groups is 1. The number of rotatable bonds is 55. The molecular weight excluding hydrogens is 795 g/mol. The van der Waals surface area contributed by atoms with Crippen molar-refractivity contribution in [3.05, 3.63) is 36.5 Å². The third-order valence-electron chi connectivity index (χ3n) is 13.8. The zero-order valence-electron chi connectivity index (χ0n) is 44.3. The van der Waals surface area contributed by atoms with E-state index in [1.807, 2.05) is 6.08 Å². The number of unbranched alkanes of at least 4 members (excludes halogenated alkanes) is 44. The molecule has 0 saturated heterocycles. The number of nitrogens with one attached hydrogen (secondary N) is 1. The highest BCUT2D eigenvalue weighted by Crippen LogP contribution is 2.17. The summed E-state index contributed by atoms with van der Waals surface area (Å²) in [6.45, 7) is 4.34. The van der Waals surface area contributed by atoms with Crippen LogP contribution in [-0.2, 0) is 4.79 Å². The van der Waals surface area contributed by atoms with Crippen LogP contribution in [0.5, 0.6) is 0 Å². The molecular formula is C61H117NO3. The molecule has 0 fully saturated rings. The van der Waals surface area contributed by atoms with Gasteiger partial charge in [-0.15, -0.1) is 0 Å². The number of aliphatic hydroxyl groups excluding tert-OH is 2. The minimum Gasteiger partial charge on any atom is -0.394 e. The molecule has 0 saturated carbocycles. The smallest absolute Gasteiger partial charge is 0.220 e. The molecule has 0 spiro atoms. The quantitative estimate of drug-likeness (QED) is 0.0421. The SMILES string of the molecule is CCCCCCCCCCCCCC/C=C\CCCCCCCCCCCCCCC(=O)NC(CO)C(O)/C=C/CC/C=C/CCCCCCCCCCCCCCCCCCCCC. The highest BCUT2D eigenvalue weighted by Gasteiger charge is 2.18. The lowest BCUT2D eigenvalue weighted by Crippen LogP contribution is -2.45. The summed E-state index contributed by atoms with van der Waals surface area (Å²) in [5, 5.41) is 23.2. The first-order valence-corrected chi connectivity index (χ1v) is 29.7. The largest absolute Gasteiger partial charge is 0.394 e. The lowest BCUT2D eigenvalue weighted by Gasteiger charge is -2.19. The second-order valence-electron chi connectivity index (χ2n) is 20.4. The summed E-state index contributed by atoms with van der Waals surface area (Å²) in [7, 11) is 0. The van der Waals surface area contributed by atoms with Gasteiger partial charge in [0.05, 0.1) is 18.8 Å². The van der Waals surface area contributed by atoms with Crippen molar-refractivity contribution in [3.8, 4) is 0 Å². The molecule has 0 bridgehead atoms. The summed E-state index contributed by atoms with van der Waals surface area (Å²) in [6, 6.07) is -0.640. The molecule has 65 heavy (non-hydrogen) atoms. The monoisotopic (exact) mass is 912 g/mol. The van der Waals surface area contributed by atoms with Crippen molar-refractivity contribution in [1.29, 1.82) is 0 Å². The maximum Gasteiger partial charge on any atom is 0.220 e. The van der Waals surface area contributed by atoms with E-state index < -0.39 is 12.1 Å². The van der Waals surface area contributed by atoms with Gasteiger partial charge in [0, 0.05) is 6.42 Å². The van der Waals surface area contributed by atoms with E-state index in [0.29, 0.717) is 6.42 Å². The maximum absolute atomic E-state index is 12.5. The fourth-order valence-corrected chi connectivity index (χ4v) is 9.31. The molecule has 1 amide bonds. The molecule has 384 valence electrons. The van der Waals surface area contributed by atoms with Gasteiger partial charge in [-0.2, -0.15) is 0 Å². The molecule has 2 unspecified atom stereocenters. The van der Waals surface area contributed by atoms with E-state index >= 15 is 0 Å². The van der Waals surface area contributed by atoms with Gasteiger partial charge in [0.2, 0.25) is 5.91 Å². The number of aliphatic hydroxyl groups is 2. The van der Waals surface area contributed by atoms with Crippen molar-refractivity contribution in [2.24, 2.45) is 0 Å². The highest BCUT2D eigenvalue weighted by molar-refractivity contribution is 5.76. The molecule has 4 nitrogen and oxygen atoms in total. The van der Waals surface area contributed by atoms with Gasteiger partial charge in [-0.1, -0.05) is 301 Å². The molecule has 2 atom stereocenters. The first kappa shape index (κ1) is 63.6. The number of amides is 1. The van der Waals surface area contributed by atoms with Crippen molar-refractivity contribution in [2.75, 3.05) is 6.61 Å². The molecule has 0 aliphatic rings. The molecule has 0 aromatic carbocycles. The molecule has 0 aromatic heterocycles. The van der Waals surface area contributed by atoms with E-state index in [4.69, 9.17) is 0 Å². The van der Waals surface area contributed by atoms with Crippen molar-refractivity contribution in [3.63, 3.8) is 0 Å². The van der Waals surface area contributed by atoms with Crippen molar-refractivity contribution >= 4 is 5.91 Å². The van der Waals surface area contributed by atoms with Crippen LogP contribution in [0.15, 0.2) is 36.5 Å². The number of carbonyl (C=O) groups excluding carboxylic acids is 1. The Labute approximate surface area is 408 Å². The number of allylic oxidation sites excluding steroid dienone is 5. The zero-order valence-corrected chi connectivity index (χ0v) is 44.3. The summed E-state index contributed by atoms with van der Waals surface area (Å²) in [5.74, 6) is -0.0694. The van der Waals surface area contributed by atoms with Crippen LogP contribution in [-0.4, -0.2) is 34.9 Å². The lowest BCUT2D eigenvalue weighted by molar-refractivity contribution is -0.123. The topological polar surface area (TPSA) is 69.6 Å². The Morgan fingerprint density at radius 3 is 0.892 bits per heavy atom. The van der Waals surface area contributed by atoms with Crippen LogP contribution in [0.25, 0.3) is 0 Å². The van der Waals surface area contributed by atoms with Crippen LogP contribution < -0.4 is 5.32 Å². The minimum absolute atomic E-state index is 0.0694. The standard InChI is InChI=1S/C61H117NO3/c1-3-5-7-9-11-13-15-17-19-21-23-25-27-29-30-31-33-35-37-39-41-43-45-47-49-51-53-55-57-61(65)62-59(58-63)60(64)56-54-52-50-48-46-44-42-40-38-36-34-32-28-26-24-22-20-18-16-14-12-10-8-6-4-2/h29-30,46,48,54,56,59-60,63-64H,3-28,31-45,47,49-53,55,57-58H2,1-2H3,(H,62,65)/b30-29-,48-46+,56-54+. The highest BCUT2D eigenvalue weighted by atomic mass is 16.3. The fourth-order valence-electron chi connectivity index (χ4n) is 9.31. The Morgan fingerprint density at radius 2 is 0.600 bits per heavy atom. The third-order valence-corrected chi connectivity index (χ3v) is 13.8. The van der Waals surface area contributed by atoms with Crippen molar-refractivity contribution in [1.82, 2.24) is 5.32 Å². The first-order valence-electron chi connectivity index (χ1n) is 29.7. The summed E-state index contributed by atoms with van der Waals surface area (Å²) >= 11 is 0. The van der Waals surface area contributed by atoms with Gasteiger partial charge in [-0.05, 0) is 57.8 Å².